The second-order valence-electron chi connectivity index (χ2n) is 5.15. The number of hydrogen-bond donors (Lipinski definition) is 1. The normalized spacial score (nSPS) is 12.3. The molecule has 0 unspecified atom stereocenters. The van der Waals surface area contributed by atoms with E-state index in [1.54, 1.807) is 0 Å². The lowest BCUT2D eigenvalue weighted by Crippen LogP contribution is -2.43. The Kier molecular flexibility index (Phi) is 5.74. The molecule has 0 fully saturated rings. The number of nitrogens with one attached hydrogen (secondary N) is 1. The summed E-state index contributed by atoms with van der Waals surface area (Å²) in [6.45, 7) is 0. The van der Waals surface area contributed by atoms with Crippen molar-refractivity contribution in [1.29, 1.82) is 0 Å². The molecule has 2 rings (SSSR count). The Hall–Kier alpha value is -2.90. The van der Waals surface area contributed by atoms with E-state index in [0.717, 1.165) is 13.2 Å². The molecule has 0 aliphatic rings. The lowest BCUT2D eigenvalue weighted by molar-refractivity contribution is -0.144. The molecule has 1 aromatic carbocycles. The third kappa shape index (κ3) is 4.79. The molecular formula is C17H15F3N2O3. The van der Waals surface area contributed by atoms with E-state index < -0.39 is 29.7 Å². The predicted octanol–water partition coefficient (Wildman–Crippen LogP) is 2.61. The van der Waals surface area contributed by atoms with Gasteiger partial charge in [0.25, 0.3) is 5.91 Å². The average Bonchev–Trinajstić information content (AvgIpc) is 2.60. The summed E-state index contributed by atoms with van der Waals surface area (Å²) in [6, 6.07) is 6.61. The van der Waals surface area contributed by atoms with E-state index in [9.17, 15) is 22.8 Å². The second-order valence-corrected chi connectivity index (χ2v) is 5.15. The third-order valence-corrected chi connectivity index (χ3v) is 3.46. The number of nitrogens with zero attached hydrogens (tertiary/aromatic N) is 1. The van der Waals surface area contributed by atoms with Gasteiger partial charge in [-0.3, -0.25) is 9.78 Å². The van der Waals surface area contributed by atoms with Crippen LogP contribution in [0.15, 0.2) is 48.8 Å². The summed E-state index contributed by atoms with van der Waals surface area (Å²) < 4.78 is 43.9. The van der Waals surface area contributed by atoms with Crippen LogP contribution in [-0.2, 0) is 22.1 Å². The monoisotopic (exact) mass is 352 g/mol. The van der Waals surface area contributed by atoms with Crippen LogP contribution in [-0.4, -0.2) is 30.0 Å². The molecule has 0 radical (unpaired) electrons. The van der Waals surface area contributed by atoms with Gasteiger partial charge < -0.3 is 10.1 Å². The largest absolute Gasteiger partial charge is 0.467 e. The molecule has 25 heavy (non-hydrogen) atoms. The number of pyridine rings is 1. The van der Waals surface area contributed by atoms with Crippen molar-refractivity contribution >= 4 is 11.9 Å². The number of hydrogen-bond acceptors (Lipinski definition) is 4. The number of halogens is 3. The molecule has 0 aliphatic heterocycles. The summed E-state index contributed by atoms with van der Waals surface area (Å²) in [7, 11) is 1.10. The first-order valence-corrected chi connectivity index (χ1v) is 7.26. The Labute approximate surface area is 141 Å². The van der Waals surface area contributed by atoms with E-state index >= 15 is 0 Å². The third-order valence-electron chi connectivity index (χ3n) is 3.46. The van der Waals surface area contributed by atoms with Gasteiger partial charge in [-0.05, 0) is 23.8 Å². The van der Waals surface area contributed by atoms with Crippen LogP contribution in [0, 0.1) is 0 Å². The minimum Gasteiger partial charge on any atom is -0.467 e. The molecule has 1 heterocycles. The molecule has 1 atom stereocenters. The van der Waals surface area contributed by atoms with Gasteiger partial charge in [-0.1, -0.05) is 18.2 Å². The fourth-order valence-corrected chi connectivity index (χ4v) is 2.27. The first-order valence-electron chi connectivity index (χ1n) is 7.26. The van der Waals surface area contributed by atoms with Crippen LogP contribution in [0.2, 0.25) is 0 Å². The highest BCUT2D eigenvalue weighted by atomic mass is 19.4. The van der Waals surface area contributed by atoms with Crippen molar-refractivity contribution in [3.05, 3.63) is 65.5 Å². The number of amides is 1. The van der Waals surface area contributed by atoms with Crippen molar-refractivity contribution in [1.82, 2.24) is 10.3 Å². The number of aromatic nitrogens is 1. The maximum Gasteiger partial charge on any atom is 0.416 e. The molecule has 1 amide bonds. The highest BCUT2D eigenvalue weighted by molar-refractivity contribution is 5.96. The van der Waals surface area contributed by atoms with Crippen LogP contribution < -0.4 is 5.32 Å². The van der Waals surface area contributed by atoms with E-state index in [2.05, 4.69) is 15.0 Å². The van der Waals surface area contributed by atoms with Crippen LogP contribution in [0.4, 0.5) is 13.2 Å². The fraction of sp³-hybridized carbons (Fsp3) is 0.235. The molecule has 5 nitrogen and oxygen atoms in total. The minimum atomic E-state index is -4.56. The Morgan fingerprint density at radius 3 is 2.52 bits per heavy atom. The van der Waals surface area contributed by atoms with Gasteiger partial charge in [0.2, 0.25) is 0 Å². The molecule has 1 aromatic heterocycles. The van der Waals surface area contributed by atoms with Gasteiger partial charge in [0.15, 0.2) is 0 Å². The number of carbonyl (C=O) groups is 2. The molecule has 0 saturated heterocycles. The highest BCUT2D eigenvalue weighted by Crippen LogP contribution is 2.32. The average molecular weight is 352 g/mol. The molecular weight excluding hydrogens is 337 g/mol. The molecule has 0 saturated carbocycles. The Morgan fingerprint density at radius 2 is 1.92 bits per heavy atom. The van der Waals surface area contributed by atoms with Gasteiger partial charge in [-0.2, -0.15) is 13.2 Å². The summed E-state index contributed by atoms with van der Waals surface area (Å²) in [4.78, 5) is 27.9. The molecule has 0 aliphatic carbocycles. The Morgan fingerprint density at radius 1 is 1.20 bits per heavy atom. The van der Waals surface area contributed by atoms with Gasteiger partial charge in [-0.15, -0.1) is 0 Å². The topological polar surface area (TPSA) is 68.3 Å². The van der Waals surface area contributed by atoms with Crippen molar-refractivity contribution in [3.63, 3.8) is 0 Å². The number of benzene rings is 1. The summed E-state index contributed by atoms with van der Waals surface area (Å²) in [5.74, 6) is -1.47. The standard InChI is InChI=1S/C17H15F3N2O3/c1-25-16(24)14(22-15(23)12-6-4-8-21-10-12)9-11-5-2-3-7-13(11)17(18,19)20/h2-8,10,14H,9H2,1H3,(H,22,23)/t14-/m1/s1. The smallest absolute Gasteiger partial charge is 0.416 e. The van der Waals surface area contributed by atoms with Crippen LogP contribution in [0.3, 0.4) is 0 Å². The number of alkyl halides is 3. The van der Waals surface area contributed by atoms with Crippen molar-refractivity contribution in [3.8, 4) is 0 Å². The molecule has 132 valence electrons. The molecule has 1 N–H and O–H groups in total. The SMILES string of the molecule is COC(=O)[C@@H](Cc1ccccc1C(F)(F)F)NC(=O)c1cccnc1. The number of ether oxygens (including phenoxy) is 1. The van der Waals surface area contributed by atoms with Crippen LogP contribution in [0.25, 0.3) is 0 Å². The highest BCUT2D eigenvalue weighted by Gasteiger charge is 2.34. The fourth-order valence-electron chi connectivity index (χ4n) is 2.27. The van der Waals surface area contributed by atoms with Crippen LogP contribution in [0.1, 0.15) is 21.5 Å². The van der Waals surface area contributed by atoms with Crippen molar-refractivity contribution < 1.29 is 27.5 Å². The molecule has 0 spiro atoms. The van der Waals surface area contributed by atoms with Gasteiger partial charge >= 0.3 is 12.1 Å². The quantitative estimate of drug-likeness (QED) is 0.840. The number of rotatable bonds is 5. The van der Waals surface area contributed by atoms with E-state index in [-0.39, 0.29) is 17.5 Å². The zero-order chi connectivity index (χ0) is 18.4. The zero-order valence-electron chi connectivity index (χ0n) is 13.2. The lowest BCUT2D eigenvalue weighted by Gasteiger charge is -2.19. The Balaban J connectivity index is 2.25. The summed E-state index contributed by atoms with van der Waals surface area (Å²) in [6.07, 6.45) is -2.17. The summed E-state index contributed by atoms with van der Waals surface area (Å²) in [5, 5.41) is 2.39. The first kappa shape index (κ1) is 18.4. The number of methoxy groups -OCH3 is 1. The number of esters is 1. The van der Waals surface area contributed by atoms with Gasteiger partial charge in [0.05, 0.1) is 18.2 Å². The number of carbonyl (C=O) groups excluding carboxylic acids is 2. The van der Waals surface area contributed by atoms with Gasteiger partial charge in [0, 0.05) is 18.8 Å². The molecule has 0 bridgehead atoms. The second kappa shape index (κ2) is 7.78. The maximum absolute atomic E-state index is 13.1. The summed E-state index contributed by atoms with van der Waals surface area (Å²) >= 11 is 0. The van der Waals surface area contributed by atoms with E-state index in [4.69, 9.17) is 0 Å². The first-order chi connectivity index (χ1) is 11.8. The van der Waals surface area contributed by atoms with Gasteiger partial charge in [-0.25, -0.2) is 4.79 Å². The van der Waals surface area contributed by atoms with Crippen LogP contribution >= 0.6 is 0 Å². The van der Waals surface area contributed by atoms with Crippen molar-refractivity contribution in [2.45, 2.75) is 18.6 Å². The van der Waals surface area contributed by atoms with E-state index in [0.29, 0.717) is 0 Å². The molecule has 2 aromatic rings. The summed E-state index contributed by atoms with van der Waals surface area (Å²) in [5.41, 5.74) is -0.795. The zero-order valence-corrected chi connectivity index (χ0v) is 13.2. The molecule has 8 heteroatoms. The minimum absolute atomic E-state index is 0.114. The predicted molar refractivity (Wildman–Crippen MR) is 82.7 cm³/mol. The Bertz CT molecular complexity index is 748. The van der Waals surface area contributed by atoms with E-state index in [1.165, 1.54) is 42.7 Å². The maximum atomic E-state index is 13.1. The van der Waals surface area contributed by atoms with Gasteiger partial charge in [0.1, 0.15) is 6.04 Å². The van der Waals surface area contributed by atoms with E-state index in [1.807, 2.05) is 0 Å². The van der Waals surface area contributed by atoms with Crippen LogP contribution in [0.5, 0.6) is 0 Å². The lowest BCUT2D eigenvalue weighted by atomic mass is 9.99. The van der Waals surface area contributed by atoms with Crippen molar-refractivity contribution in [2.75, 3.05) is 7.11 Å². The van der Waals surface area contributed by atoms with Crippen molar-refractivity contribution in [2.24, 2.45) is 0 Å².